The molecule has 6 nitrogen and oxygen atoms in total. The van der Waals surface area contributed by atoms with Crippen molar-refractivity contribution in [2.45, 2.75) is 33.2 Å². The van der Waals surface area contributed by atoms with E-state index in [9.17, 15) is 0 Å². The van der Waals surface area contributed by atoms with Gasteiger partial charge < -0.3 is 9.47 Å². The van der Waals surface area contributed by atoms with E-state index in [1.807, 2.05) is 13.1 Å². The third-order valence-electron chi connectivity index (χ3n) is 4.84. The Hall–Kier alpha value is -2.21. The Balaban J connectivity index is 1.50. The van der Waals surface area contributed by atoms with Crippen molar-refractivity contribution >= 4 is 0 Å². The fourth-order valence-electron chi connectivity index (χ4n) is 3.32. The Morgan fingerprint density at radius 2 is 1.92 bits per heavy atom. The van der Waals surface area contributed by atoms with E-state index in [2.05, 4.69) is 26.8 Å². The third-order valence-corrected chi connectivity index (χ3v) is 4.84. The summed E-state index contributed by atoms with van der Waals surface area (Å²) < 4.78 is 11.3. The molecule has 6 heteroatoms. The van der Waals surface area contributed by atoms with Crippen molar-refractivity contribution in [1.82, 2.24) is 19.9 Å². The van der Waals surface area contributed by atoms with Crippen LogP contribution in [-0.2, 0) is 6.54 Å². The average molecular weight is 342 g/mol. The number of rotatable bonds is 6. The molecule has 0 N–H and O–H groups in total. The average Bonchev–Trinajstić information content (AvgIpc) is 2.65. The number of nitrogens with zero attached hydrogens (tertiary/aromatic N) is 4. The number of ether oxygens (including phenoxy) is 2. The van der Waals surface area contributed by atoms with Crippen LogP contribution in [0, 0.1) is 19.8 Å². The molecule has 25 heavy (non-hydrogen) atoms. The fraction of sp³-hybridized carbons (Fsp3) is 0.526. The van der Waals surface area contributed by atoms with Gasteiger partial charge in [0.1, 0.15) is 5.75 Å². The summed E-state index contributed by atoms with van der Waals surface area (Å²) in [4.78, 5) is 15.2. The zero-order valence-corrected chi connectivity index (χ0v) is 15.2. The number of methoxy groups -OCH3 is 1. The molecule has 0 bridgehead atoms. The molecule has 2 aromatic rings. The summed E-state index contributed by atoms with van der Waals surface area (Å²) in [5, 5.41) is 0. The van der Waals surface area contributed by atoms with Gasteiger partial charge in [0.15, 0.2) is 0 Å². The second kappa shape index (κ2) is 8.25. The topological polar surface area (TPSA) is 60.4 Å². The first-order valence-corrected chi connectivity index (χ1v) is 8.77. The molecular weight excluding hydrogens is 316 g/mol. The molecule has 0 amide bonds. The van der Waals surface area contributed by atoms with Gasteiger partial charge in [-0.15, -0.1) is 0 Å². The minimum Gasteiger partial charge on any atom is -0.496 e. The molecule has 3 rings (SSSR count). The molecule has 3 heterocycles. The largest absolute Gasteiger partial charge is 0.496 e. The van der Waals surface area contributed by atoms with E-state index in [0.29, 0.717) is 18.4 Å². The Morgan fingerprint density at radius 1 is 1.12 bits per heavy atom. The smallest absolute Gasteiger partial charge is 0.232 e. The zero-order valence-electron chi connectivity index (χ0n) is 15.2. The van der Waals surface area contributed by atoms with E-state index < -0.39 is 0 Å². The van der Waals surface area contributed by atoms with Crippen molar-refractivity contribution in [3.05, 3.63) is 41.6 Å². The van der Waals surface area contributed by atoms with Gasteiger partial charge in [0.05, 0.1) is 25.6 Å². The van der Waals surface area contributed by atoms with Gasteiger partial charge in [0.2, 0.25) is 5.88 Å². The first kappa shape index (κ1) is 17.6. The highest BCUT2D eigenvalue weighted by Crippen LogP contribution is 2.26. The lowest BCUT2D eigenvalue weighted by molar-refractivity contribution is 0.133. The van der Waals surface area contributed by atoms with E-state index in [4.69, 9.17) is 9.47 Å². The minimum absolute atomic E-state index is 0.569. The molecule has 0 saturated carbocycles. The molecule has 1 aliphatic rings. The van der Waals surface area contributed by atoms with Gasteiger partial charge in [-0.05, 0) is 45.7 Å². The lowest BCUT2D eigenvalue weighted by Gasteiger charge is -2.31. The highest BCUT2D eigenvalue weighted by atomic mass is 16.5. The monoisotopic (exact) mass is 342 g/mol. The zero-order chi connectivity index (χ0) is 17.6. The van der Waals surface area contributed by atoms with Crippen LogP contribution in [0.4, 0.5) is 0 Å². The summed E-state index contributed by atoms with van der Waals surface area (Å²) in [5.41, 5.74) is 3.34. The molecule has 1 aliphatic heterocycles. The van der Waals surface area contributed by atoms with Crippen LogP contribution in [0.25, 0.3) is 0 Å². The van der Waals surface area contributed by atoms with Crippen LogP contribution < -0.4 is 9.47 Å². The lowest BCUT2D eigenvalue weighted by Crippen LogP contribution is -2.35. The molecule has 0 atom stereocenters. The quantitative estimate of drug-likeness (QED) is 0.804. The maximum atomic E-state index is 5.74. The number of likely N-dealkylation sites (tertiary alicyclic amines) is 1. The highest BCUT2D eigenvalue weighted by Gasteiger charge is 2.21. The third kappa shape index (κ3) is 4.45. The van der Waals surface area contributed by atoms with Gasteiger partial charge in [-0.25, -0.2) is 4.98 Å². The Labute approximate surface area is 149 Å². The molecule has 134 valence electrons. The summed E-state index contributed by atoms with van der Waals surface area (Å²) in [6.45, 7) is 7.83. The molecule has 0 unspecified atom stereocenters. The summed E-state index contributed by atoms with van der Waals surface area (Å²) in [6, 6.07) is 0. The summed E-state index contributed by atoms with van der Waals surface area (Å²) >= 11 is 0. The predicted octanol–water partition coefficient (Wildman–Crippen LogP) is 2.79. The standard InChI is InChI=1S/C19H26N4O2/c1-14-10-22-17(15(2)19(14)24-3)12-23-8-4-16(5-9-23)13-25-18-11-20-6-7-21-18/h6-7,10-11,16H,4-5,8-9,12-13H2,1-3H3. The van der Waals surface area contributed by atoms with Crippen molar-refractivity contribution in [2.75, 3.05) is 26.8 Å². The SMILES string of the molecule is COc1c(C)cnc(CN2CCC(COc3cnccn3)CC2)c1C. The minimum atomic E-state index is 0.569. The van der Waals surface area contributed by atoms with Gasteiger partial charge in [0, 0.05) is 36.3 Å². The van der Waals surface area contributed by atoms with Crippen molar-refractivity contribution in [2.24, 2.45) is 5.92 Å². The van der Waals surface area contributed by atoms with Gasteiger partial charge in [-0.2, -0.15) is 0 Å². The van der Waals surface area contributed by atoms with Crippen molar-refractivity contribution in [1.29, 1.82) is 0 Å². The molecule has 0 aromatic carbocycles. The van der Waals surface area contributed by atoms with Gasteiger partial charge in [0.25, 0.3) is 0 Å². The molecule has 1 saturated heterocycles. The van der Waals surface area contributed by atoms with Crippen LogP contribution >= 0.6 is 0 Å². The highest BCUT2D eigenvalue weighted by molar-refractivity contribution is 5.41. The molecule has 0 spiro atoms. The van der Waals surface area contributed by atoms with E-state index in [1.54, 1.807) is 25.7 Å². The molecule has 0 aliphatic carbocycles. The van der Waals surface area contributed by atoms with Crippen molar-refractivity contribution < 1.29 is 9.47 Å². The van der Waals surface area contributed by atoms with Crippen molar-refractivity contribution in [3.8, 4) is 11.6 Å². The number of piperidine rings is 1. The Morgan fingerprint density at radius 3 is 2.60 bits per heavy atom. The lowest BCUT2D eigenvalue weighted by atomic mass is 9.97. The number of aromatic nitrogens is 3. The van der Waals surface area contributed by atoms with E-state index in [-0.39, 0.29) is 0 Å². The van der Waals surface area contributed by atoms with Crippen LogP contribution in [0.3, 0.4) is 0 Å². The van der Waals surface area contributed by atoms with Crippen LogP contribution in [0.2, 0.25) is 0 Å². The van der Waals surface area contributed by atoms with Crippen LogP contribution in [0.1, 0.15) is 29.7 Å². The Bertz CT molecular complexity index is 685. The molecular formula is C19H26N4O2. The number of hydrogen-bond acceptors (Lipinski definition) is 6. The normalized spacial score (nSPS) is 16.0. The second-order valence-electron chi connectivity index (χ2n) is 6.62. The second-order valence-corrected chi connectivity index (χ2v) is 6.62. The number of aryl methyl sites for hydroxylation is 1. The maximum Gasteiger partial charge on any atom is 0.232 e. The van der Waals surface area contributed by atoms with Crippen LogP contribution in [0.15, 0.2) is 24.8 Å². The maximum absolute atomic E-state index is 5.74. The van der Waals surface area contributed by atoms with Crippen LogP contribution in [-0.4, -0.2) is 46.7 Å². The van der Waals surface area contributed by atoms with Gasteiger partial charge in [-0.3, -0.25) is 14.9 Å². The van der Waals surface area contributed by atoms with Gasteiger partial charge in [-0.1, -0.05) is 0 Å². The predicted molar refractivity (Wildman–Crippen MR) is 95.8 cm³/mol. The molecule has 1 fully saturated rings. The van der Waals surface area contributed by atoms with Crippen molar-refractivity contribution in [3.63, 3.8) is 0 Å². The number of hydrogen-bond donors (Lipinski definition) is 0. The first-order valence-electron chi connectivity index (χ1n) is 8.77. The molecule has 2 aromatic heterocycles. The van der Waals surface area contributed by atoms with E-state index >= 15 is 0 Å². The fourth-order valence-corrected chi connectivity index (χ4v) is 3.32. The van der Waals surface area contributed by atoms with Gasteiger partial charge >= 0.3 is 0 Å². The van der Waals surface area contributed by atoms with E-state index in [0.717, 1.165) is 55.0 Å². The Kier molecular flexibility index (Phi) is 5.81. The first-order chi connectivity index (χ1) is 12.2. The molecule has 0 radical (unpaired) electrons. The summed E-state index contributed by atoms with van der Waals surface area (Å²) in [7, 11) is 1.72. The van der Waals surface area contributed by atoms with Crippen LogP contribution in [0.5, 0.6) is 11.6 Å². The summed E-state index contributed by atoms with van der Waals surface area (Å²) in [6.07, 6.45) is 9.13. The van der Waals surface area contributed by atoms with E-state index in [1.165, 1.54) is 0 Å². The summed E-state index contributed by atoms with van der Waals surface area (Å²) in [5.74, 6) is 2.13. The number of pyridine rings is 1.